The fourth-order valence-corrected chi connectivity index (χ4v) is 3.41. The van der Waals surface area contributed by atoms with Gasteiger partial charge in [-0.3, -0.25) is 4.79 Å². The molecule has 0 radical (unpaired) electrons. The molecule has 0 spiro atoms. The second kappa shape index (κ2) is 10.3. The number of carbonyl (C=O) groups excluding carboxylic acids is 1. The summed E-state index contributed by atoms with van der Waals surface area (Å²) in [6.45, 7) is 16.9. The molecule has 1 N–H and O–H groups in total. The number of halogens is 2. The lowest BCUT2D eigenvalue weighted by atomic mass is 9.87. The lowest BCUT2D eigenvalue weighted by molar-refractivity contribution is -0.129. The van der Waals surface area contributed by atoms with Crippen LogP contribution in [-0.4, -0.2) is 35.9 Å². The first-order chi connectivity index (χ1) is 13.0. The maximum Gasteiger partial charge on any atom is 0.272 e. The summed E-state index contributed by atoms with van der Waals surface area (Å²) >= 11 is 0. The lowest BCUT2D eigenvalue weighted by Gasteiger charge is -2.22. The molecule has 1 aliphatic rings. The Morgan fingerprint density at radius 2 is 2.04 bits per heavy atom. The Hall–Kier alpha value is -1.49. The minimum absolute atomic E-state index is 0.0177. The van der Waals surface area contributed by atoms with E-state index in [0.717, 1.165) is 31.4 Å². The molecule has 1 saturated heterocycles. The molecule has 1 amide bonds. The zero-order chi connectivity index (χ0) is 21.5. The van der Waals surface area contributed by atoms with Crippen molar-refractivity contribution in [2.75, 3.05) is 13.1 Å². The van der Waals surface area contributed by atoms with Crippen LogP contribution in [-0.2, 0) is 4.79 Å². The van der Waals surface area contributed by atoms with Gasteiger partial charge >= 0.3 is 0 Å². The molecule has 5 heteroatoms. The number of nitrogens with one attached hydrogen (secondary N) is 1. The van der Waals surface area contributed by atoms with E-state index in [1.165, 1.54) is 19.1 Å². The molecule has 0 aromatic heterocycles. The van der Waals surface area contributed by atoms with Crippen molar-refractivity contribution in [2.45, 2.75) is 85.6 Å². The van der Waals surface area contributed by atoms with E-state index in [9.17, 15) is 13.6 Å². The first-order valence-corrected chi connectivity index (χ1v) is 10.5. The van der Waals surface area contributed by atoms with E-state index in [2.05, 4.69) is 25.7 Å². The Morgan fingerprint density at radius 3 is 2.57 bits per heavy atom. The summed E-state index contributed by atoms with van der Waals surface area (Å²) in [5.41, 5.74) is 0.898. The highest BCUT2D eigenvalue weighted by atomic mass is 19.3. The SMILES string of the molecule is C=C1/C(=C\C(=C/C)C(F)(F)CC)N(C(=O)CCCC(C)NCCC)CC1(C)C. The van der Waals surface area contributed by atoms with Crippen molar-refractivity contribution < 1.29 is 13.6 Å². The smallest absolute Gasteiger partial charge is 0.272 e. The monoisotopic (exact) mass is 396 g/mol. The molecule has 1 aliphatic heterocycles. The fourth-order valence-electron chi connectivity index (χ4n) is 3.41. The van der Waals surface area contributed by atoms with E-state index in [1.54, 1.807) is 11.8 Å². The van der Waals surface area contributed by atoms with Gasteiger partial charge in [0.05, 0.1) is 0 Å². The van der Waals surface area contributed by atoms with Crippen LogP contribution in [0.3, 0.4) is 0 Å². The summed E-state index contributed by atoms with van der Waals surface area (Å²) in [7, 11) is 0. The molecule has 0 aromatic carbocycles. The number of amides is 1. The molecule has 1 atom stereocenters. The van der Waals surface area contributed by atoms with Gasteiger partial charge in [-0.15, -0.1) is 0 Å². The zero-order valence-corrected chi connectivity index (χ0v) is 18.5. The van der Waals surface area contributed by atoms with E-state index in [-0.39, 0.29) is 23.3 Å². The van der Waals surface area contributed by atoms with Crippen LogP contribution < -0.4 is 5.32 Å². The van der Waals surface area contributed by atoms with Crippen LogP contribution in [0.15, 0.2) is 35.6 Å². The van der Waals surface area contributed by atoms with Gasteiger partial charge in [-0.2, -0.15) is 0 Å². The molecule has 28 heavy (non-hydrogen) atoms. The highest BCUT2D eigenvalue weighted by molar-refractivity contribution is 5.80. The van der Waals surface area contributed by atoms with Gasteiger partial charge in [0, 0.05) is 42.1 Å². The maximum absolute atomic E-state index is 14.3. The van der Waals surface area contributed by atoms with Crippen molar-refractivity contribution in [3.05, 3.63) is 35.6 Å². The molecule has 160 valence electrons. The third-order valence-corrected chi connectivity index (χ3v) is 5.51. The minimum atomic E-state index is -2.91. The van der Waals surface area contributed by atoms with Crippen LogP contribution in [0.1, 0.15) is 73.6 Å². The second-order valence-corrected chi connectivity index (χ2v) is 8.42. The van der Waals surface area contributed by atoms with Gasteiger partial charge in [-0.05, 0) is 51.3 Å². The highest BCUT2D eigenvalue weighted by Gasteiger charge is 2.41. The van der Waals surface area contributed by atoms with Crippen molar-refractivity contribution in [1.29, 1.82) is 0 Å². The van der Waals surface area contributed by atoms with Gasteiger partial charge in [0.15, 0.2) is 0 Å². The third-order valence-electron chi connectivity index (χ3n) is 5.51. The number of allylic oxidation sites excluding steroid dienone is 4. The minimum Gasteiger partial charge on any atom is -0.314 e. The summed E-state index contributed by atoms with van der Waals surface area (Å²) in [6.07, 6.45) is 5.80. The van der Waals surface area contributed by atoms with Crippen LogP contribution >= 0.6 is 0 Å². The predicted molar refractivity (Wildman–Crippen MR) is 113 cm³/mol. The first-order valence-electron chi connectivity index (χ1n) is 10.5. The van der Waals surface area contributed by atoms with Crippen LogP contribution in [0.5, 0.6) is 0 Å². The quantitative estimate of drug-likeness (QED) is 0.503. The normalized spacial score (nSPS) is 20.1. The molecular formula is C23H38F2N2O. The highest BCUT2D eigenvalue weighted by Crippen LogP contribution is 2.43. The fraction of sp³-hybridized carbons (Fsp3) is 0.696. The molecule has 1 rings (SSSR count). The molecule has 1 unspecified atom stereocenters. The van der Waals surface area contributed by atoms with Crippen molar-refractivity contribution in [3.63, 3.8) is 0 Å². The lowest BCUT2D eigenvalue weighted by Crippen LogP contribution is -2.30. The molecule has 1 fully saturated rings. The number of likely N-dealkylation sites (tertiary alicyclic amines) is 1. The Bertz CT molecular complexity index is 620. The van der Waals surface area contributed by atoms with Crippen LogP contribution in [0.4, 0.5) is 8.78 Å². The molecule has 0 aliphatic carbocycles. The summed E-state index contributed by atoms with van der Waals surface area (Å²) in [4.78, 5) is 14.5. The molecular weight excluding hydrogens is 358 g/mol. The summed E-state index contributed by atoms with van der Waals surface area (Å²) in [5, 5.41) is 3.42. The largest absolute Gasteiger partial charge is 0.314 e. The summed E-state index contributed by atoms with van der Waals surface area (Å²) in [6, 6.07) is 0.366. The Balaban J connectivity index is 2.94. The van der Waals surface area contributed by atoms with E-state index in [4.69, 9.17) is 0 Å². The second-order valence-electron chi connectivity index (χ2n) is 8.42. The first kappa shape index (κ1) is 24.5. The molecule has 0 aromatic rings. The van der Waals surface area contributed by atoms with E-state index >= 15 is 0 Å². The summed E-state index contributed by atoms with van der Waals surface area (Å²) in [5.74, 6) is -2.93. The van der Waals surface area contributed by atoms with Gasteiger partial charge in [-0.25, -0.2) is 8.78 Å². The Kier molecular flexibility index (Phi) is 9.06. The number of carbonyl (C=O) groups is 1. The van der Waals surface area contributed by atoms with Gasteiger partial charge in [0.1, 0.15) is 0 Å². The van der Waals surface area contributed by atoms with Crippen molar-refractivity contribution >= 4 is 5.91 Å². The predicted octanol–water partition coefficient (Wildman–Crippen LogP) is 5.84. The standard InChI is InChI=1S/C23H38F2N2O/c1-8-14-26-17(4)12-11-13-21(28)27-16-22(6,7)18(5)20(27)15-19(9-2)23(24,25)10-3/h9,15,17,26H,5,8,10-14,16H2,1-4,6-7H3/b19-9+,20-15+. The third kappa shape index (κ3) is 6.26. The molecule has 3 nitrogen and oxygen atoms in total. The topological polar surface area (TPSA) is 32.3 Å². The van der Waals surface area contributed by atoms with Gasteiger partial charge in [0.2, 0.25) is 5.91 Å². The van der Waals surface area contributed by atoms with Crippen molar-refractivity contribution in [3.8, 4) is 0 Å². The van der Waals surface area contributed by atoms with Gasteiger partial charge in [0.25, 0.3) is 5.92 Å². The number of rotatable bonds is 10. The summed E-state index contributed by atoms with van der Waals surface area (Å²) < 4.78 is 28.5. The molecule has 1 heterocycles. The van der Waals surface area contributed by atoms with Crippen LogP contribution in [0, 0.1) is 5.41 Å². The number of hydrogen-bond acceptors (Lipinski definition) is 2. The van der Waals surface area contributed by atoms with E-state index in [0.29, 0.717) is 24.7 Å². The Morgan fingerprint density at radius 1 is 1.39 bits per heavy atom. The van der Waals surface area contributed by atoms with Crippen LogP contribution in [0.2, 0.25) is 0 Å². The zero-order valence-electron chi connectivity index (χ0n) is 18.5. The van der Waals surface area contributed by atoms with E-state index < -0.39 is 5.92 Å². The molecule has 0 saturated carbocycles. The maximum atomic E-state index is 14.3. The number of alkyl halides is 2. The van der Waals surface area contributed by atoms with Gasteiger partial charge < -0.3 is 10.2 Å². The number of nitrogens with zero attached hydrogens (tertiary/aromatic N) is 1. The average molecular weight is 397 g/mol. The van der Waals surface area contributed by atoms with Crippen molar-refractivity contribution in [2.24, 2.45) is 5.41 Å². The van der Waals surface area contributed by atoms with Gasteiger partial charge in [-0.1, -0.05) is 40.3 Å². The Labute approximate surface area is 169 Å². The number of hydrogen-bond donors (Lipinski definition) is 1. The average Bonchev–Trinajstić information content (AvgIpc) is 2.87. The molecule has 0 bridgehead atoms. The van der Waals surface area contributed by atoms with E-state index in [1.807, 2.05) is 13.8 Å². The van der Waals surface area contributed by atoms with Crippen LogP contribution in [0.25, 0.3) is 0 Å². The van der Waals surface area contributed by atoms with Crippen molar-refractivity contribution in [1.82, 2.24) is 10.2 Å².